The van der Waals surface area contributed by atoms with E-state index in [4.69, 9.17) is 4.74 Å². The van der Waals surface area contributed by atoms with Crippen molar-refractivity contribution in [3.05, 3.63) is 0 Å². The topological polar surface area (TPSA) is 52.6 Å². The summed E-state index contributed by atoms with van der Waals surface area (Å²) in [5, 5.41) is 0. The normalized spacial score (nSPS) is 14.9. The Hall–Kier alpha value is 0.439. The summed E-state index contributed by atoms with van der Waals surface area (Å²) in [6, 6.07) is 0. The molecule has 0 aliphatic rings. The van der Waals surface area contributed by atoms with Crippen LogP contribution >= 0.6 is 25.3 Å². The zero-order chi connectivity index (χ0) is 13.6. The molecule has 2 unspecified atom stereocenters. The number of ether oxygens (including phenoxy) is 2. The number of thiol groups is 2. The van der Waals surface area contributed by atoms with Crippen molar-refractivity contribution in [2.24, 2.45) is 5.41 Å². The van der Waals surface area contributed by atoms with Gasteiger partial charge in [0, 0.05) is 0 Å². The molecule has 0 spiro atoms. The van der Waals surface area contributed by atoms with Gasteiger partial charge in [-0.15, -0.1) is 0 Å². The number of methoxy groups -OCH3 is 2. The Kier molecular flexibility index (Phi) is 7.98. The van der Waals surface area contributed by atoms with Crippen LogP contribution in [0.4, 0.5) is 0 Å². The molecular formula is C10H18O4S2Sn. The molecule has 0 aromatic rings. The van der Waals surface area contributed by atoms with Crippen molar-refractivity contribution in [1.82, 2.24) is 0 Å². The molecule has 0 rings (SSSR count). The average Bonchev–Trinajstić information content (AvgIpc) is 2.27. The fourth-order valence-electron chi connectivity index (χ4n) is 1.07. The van der Waals surface area contributed by atoms with Gasteiger partial charge in [-0.25, -0.2) is 0 Å². The predicted molar refractivity (Wildman–Crippen MR) is 73.7 cm³/mol. The second-order valence-electron chi connectivity index (χ2n) is 4.08. The van der Waals surface area contributed by atoms with Gasteiger partial charge in [0.05, 0.1) is 0 Å². The maximum absolute atomic E-state index is 11.6. The van der Waals surface area contributed by atoms with Gasteiger partial charge < -0.3 is 0 Å². The first-order valence-electron chi connectivity index (χ1n) is 5.03. The Labute approximate surface area is 123 Å². The van der Waals surface area contributed by atoms with Gasteiger partial charge in [-0.05, 0) is 0 Å². The third-order valence-corrected chi connectivity index (χ3v) is 9.80. The summed E-state index contributed by atoms with van der Waals surface area (Å²) in [6.07, 6.45) is 0.278. The van der Waals surface area contributed by atoms with E-state index >= 15 is 0 Å². The Morgan fingerprint density at radius 2 is 1.76 bits per heavy atom. The zero-order valence-electron chi connectivity index (χ0n) is 10.4. The van der Waals surface area contributed by atoms with Crippen LogP contribution in [0.2, 0.25) is 0 Å². The summed E-state index contributed by atoms with van der Waals surface area (Å²) >= 11 is 7.71. The molecule has 17 heavy (non-hydrogen) atoms. The Bertz CT molecular complexity index is 283. The molecule has 7 heteroatoms. The first-order valence-corrected chi connectivity index (χ1v) is 9.36. The number of carbonyl (C=O) groups is 2. The Morgan fingerprint density at radius 3 is 2.18 bits per heavy atom. The Balaban J connectivity index is 4.38. The number of carbonyl (C=O) groups excluding carboxylic acids is 2. The minimum absolute atomic E-state index is 0.0162. The van der Waals surface area contributed by atoms with Crippen LogP contribution in [0.25, 0.3) is 0 Å². The van der Waals surface area contributed by atoms with Crippen LogP contribution in [-0.2, 0) is 19.1 Å². The zero-order valence-corrected chi connectivity index (χ0v) is 15.0. The molecule has 0 aliphatic carbocycles. The molecule has 2 atom stereocenters. The molecule has 98 valence electrons. The van der Waals surface area contributed by atoms with Crippen LogP contribution < -0.4 is 0 Å². The van der Waals surface area contributed by atoms with E-state index in [0.717, 1.165) is 0 Å². The number of esters is 2. The average molecular weight is 385 g/mol. The molecule has 0 aliphatic heterocycles. The van der Waals surface area contributed by atoms with Crippen molar-refractivity contribution < 1.29 is 19.1 Å². The van der Waals surface area contributed by atoms with Crippen LogP contribution in [0.15, 0.2) is 0 Å². The van der Waals surface area contributed by atoms with Crippen molar-refractivity contribution in [3.63, 3.8) is 0 Å². The molecule has 4 nitrogen and oxygen atoms in total. The second-order valence-corrected chi connectivity index (χ2v) is 12.6. The molecule has 0 heterocycles. The molecule has 0 saturated carbocycles. The van der Waals surface area contributed by atoms with Gasteiger partial charge in [0.15, 0.2) is 0 Å². The van der Waals surface area contributed by atoms with Crippen LogP contribution in [0.1, 0.15) is 20.3 Å². The molecule has 0 saturated heterocycles. The summed E-state index contributed by atoms with van der Waals surface area (Å²) in [7, 11) is 2.71. The molecule has 0 fully saturated rings. The second kappa shape index (κ2) is 7.78. The van der Waals surface area contributed by atoms with Crippen molar-refractivity contribution in [1.29, 1.82) is 0 Å². The third kappa shape index (κ3) is 5.74. The third-order valence-electron chi connectivity index (χ3n) is 2.33. The molecule has 0 amide bonds. The molecule has 0 bridgehead atoms. The van der Waals surface area contributed by atoms with Crippen LogP contribution in [-0.4, -0.2) is 53.8 Å². The van der Waals surface area contributed by atoms with Crippen LogP contribution in [0, 0.1) is 5.41 Å². The van der Waals surface area contributed by atoms with Crippen molar-refractivity contribution in [2.45, 2.75) is 26.8 Å². The maximum atomic E-state index is 11.6. The minimum atomic E-state index is -1.12. The monoisotopic (exact) mass is 386 g/mol. The van der Waals surface area contributed by atoms with E-state index in [1.165, 1.54) is 14.2 Å². The summed E-state index contributed by atoms with van der Waals surface area (Å²) in [5.41, 5.74) is -0.638. The molecule has 2 radical (unpaired) electrons. The number of hydrogen-bond acceptors (Lipinski definition) is 6. The summed E-state index contributed by atoms with van der Waals surface area (Å²) < 4.78 is 9.24. The van der Waals surface area contributed by atoms with Crippen LogP contribution in [0.5, 0.6) is 0 Å². The molecule has 0 aromatic carbocycles. The van der Waals surface area contributed by atoms with Gasteiger partial charge in [-0.2, -0.15) is 0 Å². The fourth-order valence-corrected chi connectivity index (χ4v) is 7.69. The first-order chi connectivity index (χ1) is 7.75. The standard InChI is InChI=1S/C6H11O2S.C4H7O2S.Sn/c1-6(2,4-9)5(7)8-3;1-6-4(5)2-3-7;/h4,9H,1-3H3;3,7H,2H2,1H3;. The van der Waals surface area contributed by atoms with E-state index < -0.39 is 26.6 Å². The van der Waals surface area contributed by atoms with E-state index in [9.17, 15) is 9.59 Å². The fraction of sp³-hybridized carbons (Fsp3) is 0.800. The van der Waals surface area contributed by atoms with Crippen molar-refractivity contribution in [2.75, 3.05) is 14.2 Å². The van der Waals surface area contributed by atoms with E-state index in [0.29, 0.717) is 0 Å². The summed E-state index contributed by atoms with van der Waals surface area (Å²) in [5.74, 6) is -0.556. The van der Waals surface area contributed by atoms with Gasteiger partial charge in [0.2, 0.25) is 0 Å². The van der Waals surface area contributed by atoms with Gasteiger partial charge >= 0.3 is 124 Å². The predicted octanol–water partition coefficient (Wildman–Crippen LogP) is 0.965. The van der Waals surface area contributed by atoms with E-state index in [2.05, 4.69) is 30.0 Å². The van der Waals surface area contributed by atoms with E-state index in [1.807, 2.05) is 0 Å². The van der Waals surface area contributed by atoms with Crippen molar-refractivity contribution in [3.8, 4) is 0 Å². The molecule has 0 aromatic heterocycles. The van der Waals surface area contributed by atoms with E-state index in [-0.39, 0.29) is 24.9 Å². The molecule has 0 N–H and O–H groups in total. The van der Waals surface area contributed by atoms with Gasteiger partial charge in [0.25, 0.3) is 0 Å². The number of rotatable bonds is 6. The van der Waals surface area contributed by atoms with E-state index in [1.54, 1.807) is 13.8 Å². The quantitative estimate of drug-likeness (QED) is 0.407. The van der Waals surface area contributed by atoms with Crippen molar-refractivity contribution >= 4 is 58.3 Å². The Morgan fingerprint density at radius 1 is 1.24 bits per heavy atom. The summed E-state index contributed by atoms with van der Waals surface area (Å²) in [4.78, 5) is 22.7. The SMILES string of the molecule is COC(=O)C[CH](S)[Sn][CH](S)C(C)(C)C(=O)OC. The first kappa shape index (κ1) is 17.4. The number of hydrogen-bond donors (Lipinski definition) is 2. The van der Waals surface area contributed by atoms with Gasteiger partial charge in [-0.1, -0.05) is 0 Å². The van der Waals surface area contributed by atoms with Crippen LogP contribution in [0.3, 0.4) is 0 Å². The molecular weight excluding hydrogens is 367 g/mol. The van der Waals surface area contributed by atoms with Gasteiger partial charge in [0.1, 0.15) is 0 Å². The summed E-state index contributed by atoms with van der Waals surface area (Å²) in [6.45, 7) is 3.60. The van der Waals surface area contributed by atoms with Gasteiger partial charge in [-0.3, -0.25) is 0 Å².